The molecule has 0 spiro atoms. The summed E-state index contributed by atoms with van der Waals surface area (Å²) >= 11 is 7.78. The molecule has 102 valence electrons. The Morgan fingerprint density at radius 3 is 2.65 bits per heavy atom. The molecule has 3 aromatic rings. The second-order valence-electron chi connectivity index (χ2n) is 3.57. The van der Waals surface area contributed by atoms with Crippen LogP contribution in [0, 0.1) is 0 Å². The minimum absolute atomic E-state index is 0.0158. The zero-order valence-electron chi connectivity index (χ0n) is 9.59. The normalized spacial score (nSPS) is 10.7. The number of nitrogens with zero attached hydrogens (tertiary/aromatic N) is 2. The molecular weight excluding hydrogens is 414 g/mol. The maximum absolute atomic E-state index is 11.9. The summed E-state index contributed by atoms with van der Waals surface area (Å²) in [7, 11) is 0. The van der Waals surface area contributed by atoms with Gasteiger partial charge in [-0.3, -0.25) is 10.1 Å². The maximum atomic E-state index is 11.9. The maximum Gasteiger partial charge on any atom is 0.322 e. The second kappa shape index (κ2) is 5.51. The lowest BCUT2D eigenvalue weighted by Gasteiger charge is -1.95. The highest BCUT2D eigenvalue weighted by Gasteiger charge is 2.15. The van der Waals surface area contributed by atoms with E-state index in [-0.39, 0.29) is 17.8 Å². The standard InChI is InChI=1S/C11H5Br2N3O3S/c12-7-3-1-5(18-7)10-15-16-11(19-10)14-9(17)6-2-4-8(13)20-6/h1-4H,(H,14,16,17). The Bertz CT molecular complexity index is 764. The Labute approximate surface area is 133 Å². The van der Waals surface area contributed by atoms with Crippen molar-refractivity contribution in [1.82, 2.24) is 10.2 Å². The topological polar surface area (TPSA) is 81.2 Å². The highest BCUT2D eigenvalue weighted by Crippen LogP contribution is 2.26. The number of carbonyl (C=O) groups excluding carboxylic acids is 1. The molecule has 0 aromatic carbocycles. The first-order chi connectivity index (χ1) is 9.61. The molecule has 3 aromatic heterocycles. The number of halogens is 2. The molecular formula is C11H5Br2N3O3S. The number of amides is 1. The zero-order chi connectivity index (χ0) is 14.1. The molecule has 0 radical (unpaired) electrons. The Morgan fingerprint density at radius 2 is 2.00 bits per heavy atom. The van der Waals surface area contributed by atoms with Crippen molar-refractivity contribution in [2.75, 3.05) is 5.32 Å². The highest BCUT2D eigenvalue weighted by atomic mass is 79.9. The molecule has 0 fully saturated rings. The number of nitrogens with one attached hydrogen (secondary N) is 1. The van der Waals surface area contributed by atoms with E-state index in [4.69, 9.17) is 8.83 Å². The first-order valence-electron chi connectivity index (χ1n) is 5.28. The van der Waals surface area contributed by atoms with Gasteiger partial charge in [0.1, 0.15) is 0 Å². The minimum Gasteiger partial charge on any atom is -0.444 e. The van der Waals surface area contributed by atoms with Crippen molar-refractivity contribution in [3.63, 3.8) is 0 Å². The van der Waals surface area contributed by atoms with Crippen molar-refractivity contribution < 1.29 is 13.6 Å². The number of aromatic nitrogens is 2. The van der Waals surface area contributed by atoms with Gasteiger partial charge in [0.2, 0.25) is 0 Å². The van der Waals surface area contributed by atoms with Crippen molar-refractivity contribution in [3.8, 4) is 11.7 Å². The molecule has 1 N–H and O–H groups in total. The molecule has 0 bridgehead atoms. The van der Waals surface area contributed by atoms with E-state index in [2.05, 4.69) is 47.4 Å². The summed E-state index contributed by atoms with van der Waals surface area (Å²) in [5, 5.41) is 10.1. The van der Waals surface area contributed by atoms with Crippen LogP contribution in [-0.4, -0.2) is 16.1 Å². The molecule has 20 heavy (non-hydrogen) atoms. The number of hydrogen-bond donors (Lipinski definition) is 1. The Hall–Kier alpha value is -1.45. The van der Waals surface area contributed by atoms with Crippen LogP contribution < -0.4 is 5.32 Å². The van der Waals surface area contributed by atoms with E-state index >= 15 is 0 Å². The third kappa shape index (κ3) is 2.84. The van der Waals surface area contributed by atoms with Gasteiger partial charge in [0.15, 0.2) is 10.4 Å². The van der Waals surface area contributed by atoms with E-state index in [1.165, 1.54) is 11.3 Å². The molecule has 1 amide bonds. The third-order valence-electron chi connectivity index (χ3n) is 2.23. The van der Waals surface area contributed by atoms with Gasteiger partial charge in [0, 0.05) is 0 Å². The Balaban J connectivity index is 1.76. The van der Waals surface area contributed by atoms with Gasteiger partial charge in [-0.25, -0.2) is 0 Å². The van der Waals surface area contributed by atoms with Crippen molar-refractivity contribution >= 4 is 55.1 Å². The summed E-state index contributed by atoms with van der Waals surface area (Å²) in [6, 6.07) is 6.90. The van der Waals surface area contributed by atoms with E-state index in [1.807, 2.05) is 0 Å². The van der Waals surface area contributed by atoms with Crippen molar-refractivity contribution in [2.45, 2.75) is 0 Å². The van der Waals surface area contributed by atoms with Gasteiger partial charge in [-0.1, -0.05) is 5.10 Å². The molecule has 6 nitrogen and oxygen atoms in total. The van der Waals surface area contributed by atoms with Crippen LogP contribution in [0.2, 0.25) is 0 Å². The monoisotopic (exact) mass is 417 g/mol. The SMILES string of the molecule is O=C(Nc1nnc(-c2ccc(Br)o2)o1)c1ccc(Br)s1. The quantitative estimate of drug-likeness (QED) is 0.690. The fraction of sp³-hybridized carbons (Fsp3) is 0. The average Bonchev–Trinajstić information content (AvgIpc) is 3.10. The van der Waals surface area contributed by atoms with Gasteiger partial charge >= 0.3 is 6.01 Å². The number of anilines is 1. The molecule has 0 saturated carbocycles. The number of hydrogen-bond acceptors (Lipinski definition) is 6. The number of carbonyl (C=O) groups is 1. The van der Waals surface area contributed by atoms with Crippen LogP contribution >= 0.6 is 43.2 Å². The zero-order valence-corrected chi connectivity index (χ0v) is 13.6. The van der Waals surface area contributed by atoms with Crippen LogP contribution in [0.15, 0.2) is 41.6 Å². The summed E-state index contributed by atoms with van der Waals surface area (Å²) in [6.45, 7) is 0. The van der Waals surface area contributed by atoms with Crippen LogP contribution in [0.25, 0.3) is 11.7 Å². The predicted octanol–water partition coefficient (Wildman–Crippen LogP) is 4.17. The summed E-state index contributed by atoms with van der Waals surface area (Å²) in [5.41, 5.74) is 0. The van der Waals surface area contributed by atoms with Crippen LogP contribution in [-0.2, 0) is 0 Å². The number of rotatable bonds is 3. The van der Waals surface area contributed by atoms with E-state index in [0.29, 0.717) is 15.3 Å². The molecule has 0 aliphatic carbocycles. The summed E-state index contributed by atoms with van der Waals surface area (Å²) in [4.78, 5) is 12.4. The van der Waals surface area contributed by atoms with Gasteiger partial charge in [-0.2, -0.15) is 0 Å². The number of furan rings is 1. The number of thiophene rings is 1. The molecule has 0 aliphatic rings. The lowest BCUT2D eigenvalue weighted by Crippen LogP contribution is -2.10. The van der Waals surface area contributed by atoms with E-state index in [9.17, 15) is 4.79 Å². The molecule has 0 saturated heterocycles. The molecule has 0 aliphatic heterocycles. The molecule has 3 rings (SSSR count). The third-order valence-corrected chi connectivity index (χ3v) is 4.28. The van der Waals surface area contributed by atoms with Gasteiger partial charge in [0.25, 0.3) is 11.8 Å². The lowest BCUT2D eigenvalue weighted by molar-refractivity contribution is 0.102. The minimum atomic E-state index is -0.309. The smallest absolute Gasteiger partial charge is 0.322 e. The van der Waals surface area contributed by atoms with Crippen molar-refractivity contribution in [1.29, 1.82) is 0 Å². The summed E-state index contributed by atoms with van der Waals surface area (Å²) in [5.74, 6) is 0.304. The van der Waals surface area contributed by atoms with Crippen LogP contribution in [0.1, 0.15) is 9.67 Å². The van der Waals surface area contributed by atoms with Crippen LogP contribution in [0.5, 0.6) is 0 Å². The van der Waals surface area contributed by atoms with Crippen LogP contribution in [0.3, 0.4) is 0 Å². The first kappa shape index (κ1) is 13.5. The molecule has 9 heteroatoms. The molecule has 0 unspecified atom stereocenters. The van der Waals surface area contributed by atoms with E-state index < -0.39 is 0 Å². The average molecular weight is 419 g/mol. The van der Waals surface area contributed by atoms with E-state index in [0.717, 1.165) is 3.79 Å². The molecule has 0 atom stereocenters. The Morgan fingerprint density at radius 1 is 1.15 bits per heavy atom. The van der Waals surface area contributed by atoms with Gasteiger partial charge in [0.05, 0.1) is 8.66 Å². The Kier molecular flexibility index (Phi) is 3.72. The fourth-order valence-corrected chi connectivity index (χ4v) is 2.99. The van der Waals surface area contributed by atoms with E-state index in [1.54, 1.807) is 24.3 Å². The van der Waals surface area contributed by atoms with Gasteiger partial charge in [-0.15, -0.1) is 16.4 Å². The van der Waals surface area contributed by atoms with Gasteiger partial charge < -0.3 is 8.83 Å². The second-order valence-corrected chi connectivity index (χ2v) is 6.82. The highest BCUT2D eigenvalue weighted by molar-refractivity contribution is 9.11. The molecule has 3 heterocycles. The summed E-state index contributed by atoms with van der Waals surface area (Å²) < 4.78 is 12.0. The predicted molar refractivity (Wildman–Crippen MR) is 79.7 cm³/mol. The largest absolute Gasteiger partial charge is 0.444 e. The van der Waals surface area contributed by atoms with Crippen molar-refractivity contribution in [3.05, 3.63) is 37.6 Å². The van der Waals surface area contributed by atoms with Crippen LogP contribution in [0.4, 0.5) is 6.01 Å². The van der Waals surface area contributed by atoms with Gasteiger partial charge in [-0.05, 0) is 56.1 Å². The summed E-state index contributed by atoms with van der Waals surface area (Å²) in [6.07, 6.45) is 0. The lowest BCUT2D eigenvalue weighted by atomic mass is 10.4. The van der Waals surface area contributed by atoms with Crippen molar-refractivity contribution in [2.24, 2.45) is 0 Å². The fourth-order valence-electron chi connectivity index (χ4n) is 1.40. The first-order valence-corrected chi connectivity index (χ1v) is 7.68.